The van der Waals surface area contributed by atoms with Gasteiger partial charge in [-0.2, -0.15) is 0 Å². The average Bonchev–Trinajstić information content (AvgIpc) is 0.898. The van der Waals surface area contributed by atoms with Gasteiger partial charge in [0.15, 0.2) is 12.2 Å². The number of carbonyl (C=O) groups is 4. The number of hydrogen-bond acceptors (Lipinski definition) is 15. The van der Waals surface area contributed by atoms with Crippen molar-refractivity contribution in [2.24, 2.45) is 0 Å². The maximum absolute atomic E-state index is 13.2. The van der Waals surface area contributed by atoms with Crippen molar-refractivity contribution >= 4 is 39.5 Å². The molecule has 17 nitrogen and oxygen atoms in total. The van der Waals surface area contributed by atoms with Gasteiger partial charge in [0, 0.05) is 25.7 Å². The molecule has 0 aromatic heterocycles. The minimum Gasteiger partial charge on any atom is -0.462 e. The normalized spacial score (nSPS) is 14.4. The van der Waals surface area contributed by atoms with Gasteiger partial charge < -0.3 is 33.8 Å². The largest absolute Gasteiger partial charge is 0.472 e. The van der Waals surface area contributed by atoms with Gasteiger partial charge in [-0.15, -0.1) is 0 Å². The van der Waals surface area contributed by atoms with Crippen molar-refractivity contribution in [2.75, 3.05) is 39.6 Å². The number of hydrogen-bond donors (Lipinski definition) is 3. The highest BCUT2D eigenvalue weighted by Gasteiger charge is 2.30. The van der Waals surface area contributed by atoms with Crippen LogP contribution in [0.2, 0.25) is 0 Å². The Balaban J connectivity index is 5.41. The fourth-order valence-corrected chi connectivity index (χ4v) is 13.5. The summed E-state index contributed by atoms with van der Waals surface area (Å²) in [6.45, 7) is 4.65. The number of ether oxygens (including phenoxy) is 4. The molecule has 5 unspecified atom stereocenters. The number of aliphatic hydroxyl groups excluding tert-OH is 1. The van der Waals surface area contributed by atoms with Gasteiger partial charge in [-0.25, -0.2) is 9.13 Å². The van der Waals surface area contributed by atoms with Crippen LogP contribution < -0.4 is 0 Å². The average molecular weight is 1610 g/mol. The molecule has 0 aliphatic rings. The molecule has 19 heteroatoms. The van der Waals surface area contributed by atoms with E-state index in [1.165, 1.54) is 83.5 Å². The maximum atomic E-state index is 13.2. The molecule has 644 valence electrons. The van der Waals surface area contributed by atoms with Gasteiger partial charge in [-0.3, -0.25) is 37.3 Å². The first kappa shape index (κ1) is 107. The van der Waals surface area contributed by atoms with Gasteiger partial charge in [0.2, 0.25) is 0 Å². The van der Waals surface area contributed by atoms with Gasteiger partial charge in [0.05, 0.1) is 26.4 Å². The lowest BCUT2D eigenvalue weighted by Crippen LogP contribution is -2.30. The third-order valence-electron chi connectivity index (χ3n) is 18.6. The Morgan fingerprint density at radius 1 is 0.259 bits per heavy atom. The summed E-state index contributed by atoms with van der Waals surface area (Å²) in [5.41, 5.74) is 0. The minimum atomic E-state index is -4.99. The van der Waals surface area contributed by atoms with E-state index in [1.807, 2.05) is 0 Å². The summed E-state index contributed by atoms with van der Waals surface area (Å²) in [5.74, 6) is -2.20. The maximum Gasteiger partial charge on any atom is 0.472 e. The molecule has 3 N–H and O–H groups in total. The molecule has 0 saturated carbocycles. The molecule has 0 amide bonds. The quantitative estimate of drug-likeness (QED) is 0.0169. The Hall–Kier alpha value is -4.80. The van der Waals surface area contributed by atoms with E-state index < -0.39 is 97.5 Å². The van der Waals surface area contributed by atoms with Crippen LogP contribution in [0.15, 0.2) is 134 Å². The van der Waals surface area contributed by atoms with E-state index >= 15 is 0 Å². The zero-order valence-electron chi connectivity index (χ0n) is 70.8. The summed E-state index contributed by atoms with van der Waals surface area (Å²) in [7, 11) is -9.98. The molecule has 0 radical (unpaired) electrons. The van der Waals surface area contributed by atoms with Gasteiger partial charge in [-0.1, -0.05) is 341 Å². The molecule has 0 saturated heterocycles. The summed E-state index contributed by atoms with van der Waals surface area (Å²) in [4.78, 5) is 73.4. The lowest BCUT2D eigenvalue weighted by molar-refractivity contribution is -0.161. The number of rotatable bonds is 83. The van der Waals surface area contributed by atoms with E-state index in [9.17, 15) is 43.2 Å². The summed E-state index contributed by atoms with van der Waals surface area (Å²) < 4.78 is 68.9. The van der Waals surface area contributed by atoms with Gasteiger partial charge in [-0.05, 0) is 141 Å². The van der Waals surface area contributed by atoms with E-state index in [0.29, 0.717) is 25.7 Å². The minimum absolute atomic E-state index is 0.0748. The predicted molar refractivity (Wildman–Crippen MR) is 464 cm³/mol. The second-order valence-electron chi connectivity index (χ2n) is 29.4. The molecule has 5 atom stereocenters. The molecule has 0 heterocycles. The molecule has 0 aromatic carbocycles. The predicted octanol–water partition coefficient (Wildman–Crippen LogP) is 26.8. The van der Waals surface area contributed by atoms with E-state index in [2.05, 4.69) is 161 Å². The Labute approximate surface area is 682 Å². The van der Waals surface area contributed by atoms with Crippen LogP contribution in [0.3, 0.4) is 0 Å². The molecule has 0 fully saturated rings. The Morgan fingerprint density at radius 2 is 0.464 bits per heavy atom. The van der Waals surface area contributed by atoms with Gasteiger partial charge in [0.25, 0.3) is 0 Å². The molecule has 0 bridgehead atoms. The smallest absolute Gasteiger partial charge is 0.462 e. The number of aliphatic hydroxyl groups is 1. The number of phosphoric acid groups is 2. The number of esters is 4. The fourth-order valence-electron chi connectivity index (χ4n) is 11.9. The second-order valence-corrected chi connectivity index (χ2v) is 32.3. The molecule has 0 aliphatic heterocycles. The molecule has 0 aromatic rings. The first-order valence-corrected chi connectivity index (χ1v) is 47.4. The van der Waals surface area contributed by atoms with Crippen LogP contribution in [0.4, 0.5) is 0 Å². The highest BCUT2D eigenvalue weighted by molar-refractivity contribution is 7.47. The number of carbonyl (C=O) groups excluding carboxylic acids is 4. The topological polar surface area (TPSA) is 237 Å². The van der Waals surface area contributed by atoms with Crippen molar-refractivity contribution in [1.29, 1.82) is 0 Å². The van der Waals surface area contributed by atoms with E-state index in [0.717, 1.165) is 212 Å². The van der Waals surface area contributed by atoms with Crippen LogP contribution in [0, 0.1) is 0 Å². The Kier molecular flexibility index (Phi) is 80.5. The lowest BCUT2D eigenvalue weighted by Gasteiger charge is -2.21. The zero-order valence-corrected chi connectivity index (χ0v) is 72.6. The van der Waals surface area contributed by atoms with Crippen LogP contribution in [-0.4, -0.2) is 96.7 Å². The molecule has 112 heavy (non-hydrogen) atoms. The fraction of sp³-hybridized carbons (Fsp3) is 0.720. The third kappa shape index (κ3) is 83.2. The van der Waals surface area contributed by atoms with Crippen molar-refractivity contribution in [1.82, 2.24) is 0 Å². The van der Waals surface area contributed by atoms with Gasteiger partial charge >= 0.3 is 39.5 Å². The van der Waals surface area contributed by atoms with Crippen molar-refractivity contribution in [3.05, 3.63) is 134 Å². The van der Waals surface area contributed by atoms with Crippen LogP contribution >= 0.6 is 15.6 Å². The molecular weight excluding hydrogens is 1450 g/mol. The Morgan fingerprint density at radius 3 is 0.732 bits per heavy atom. The number of unbranched alkanes of at least 4 members (excludes halogenated alkanes) is 35. The molecule has 0 rings (SSSR count). The lowest BCUT2D eigenvalue weighted by atomic mass is 10.0. The molecule has 0 spiro atoms. The number of phosphoric ester groups is 2. The van der Waals surface area contributed by atoms with E-state index in [-0.39, 0.29) is 25.7 Å². The van der Waals surface area contributed by atoms with Crippen LogP contribution in [0.5, 0.6) is 0 Å². The summed E-state index contributed by atoms with van der Waals surface area (Å²) in [6, 6.07) is 0. The van der Waals surface area contributed by atoms with Crippen molar-refractivity contribution < 1.29 is 80.2 Å². The highest BCUT2D eigenvalue weighted by atomic mass is 31.2. The van der Waals surface area contributed by atoms with Crippen LogP contribution in [0.25, 0.3) is 0 Å². The van der Waals surface area contributed by atoms with Crippen LogP contribution in [-0.2, 0) is 65.4 Å². The van der Waals surface area contributed by atoms with Crippen LogP contribution in [0.1, 0.15) is 374 Å². The zero-order chi connectivity index (χ0) is 81.7. The van der Waals surface area contributed by atoms with E-state index in [1.54, 1.807) is 0 Å². The summed E-state index contributed by atoms with van der Waals surface area (Å²) in [5, 5.41) is 10.7. The molecular formula is C93H160O17P2. The highest BCUT2D eigenvalue weighted by Crippen LogP contribution is 2.45. The van der Waals surface area contributed by atoms with Crippen molar-refractivity contribution in [3.63, 3.8) is 0 Å². The third-order valence-corrected chi connectivity index (χ3v) is 20.5. The summed E-state index contributed by atoms with van der Waals surface area (Å²) >= 11 is 0. The summed E-state index contributed by atoms with van der Waals surface area (Å²) in [6.07, 6.45) is 96.8. The standard InChI is InChI=1S/C93H160O17P2/c1-5-9-13-17-21-25-29-33-37-40-43-46-50-53-57-61-65-69-73-77-90(95)103-83-88(109-92(97)79-75-71-67-63-59-55-49-36-32-28-24-20-16-12-8-4)85-107-111(99,100)105-81-87(94)82-106-112(101,102)108-86-89(110-93(98)80-76-72-68-64-60-56-52-48-45-42-39-35-31-27-23-19-15-11-7-3)84-104-91(96)78-74-70-66-62-58-54-51-47-44-41-38-34-30-26-22-18-14-10-6-2/h9-10,13-14,21-23,25-27,33-35,37-39,43-48,87-89,94H,5-8,11-12,15-20,24,28-32,36,40-42,49-86H2,1-4H3,(H,99,100)(H,101,102)/b13-9-,14-10-,25-21-,26-22-,27-23-,37-33-,38-34-,39-35-,46-43-,47-44-,48-45-. The van der Waals surface area contributed by atoms with E-state index in [4.69, 9.17) is 37.0 Å². The van der Waals surface area contributed by atoms with Gasteiger partial charge in [0.1, 0.15) is 19.3 Å². The van der Waals surface area contributed by atoms with Crippen molar-refractivity contribution in [2.45, 2.75) is 393 Å². The Bertz CT molecular complexity index is 2640. The molecule has 0 aliphatic carbocycles. The SMILES string of the molecule is CC/C=C\C/C=C\C/C=C\C/C=C\CCCCCCCCC(=O)OCC(COP(=O)(O)OCC(O)COP(=O)(O)OCC(COC(=O)CCCCCCCC/C=C\C/C=C\C/C=C\C/C=C\CC)OC(=O)CCCCCCCCCCCCCCCCC)OC(=O)CCCCCCCC/C=C\C/C=C\C/C=C\CCCCC. The number of allylic oxidation sites excluding steroid dienone is 22. The first-order valence-electron chi connectivity index (χ1n) is 44.4. The first-order chi connectivity index (χ1) is 54.7. The van der Waals surface area contributed by atoms with Crippen molar-refractivity contribution in [3.8, 4) is 0 Å². The monoisotopic (exact) mass is 1610 g/mol. The second kappa shape index (κ2) is 84.1.